The molecule has 0 radical (unpaired) electrons. The highest BCUT2D eigenvalue weighted by molar-refractivity contribution is 6.31. The molecule has 4 heteroatoms. The number of ether oxygens (including phenoxy) is 1. The van der Waals surface area contributed by atoms with Crippen molar-refractivity contribution in [3.63, 3.8) is 0 Å². The highest BCUT2D eigenvalue weighted by Crippen LogP contribution is 2.32. The van der Waals surface area contributed by atoms with E-state index >= 15 is 0 Å². The number of rotatable bonds is 3. The molecule has 110 valence electrons. The lowest BCUT2D eigenvalue weighted by Crippen LogP contribution is -2.09. The largest absolute Gasteiger partial charge is 0.489 e. The van der Waals surface area contributed by atoms with Crippen LogP contribution in [0.3, 0.4) is 0 Å². The topological polar surface area (TPSA) is 29.5 Å². The Kier molecular flexibility index (Phi) is 4.13. The summed E-state index contributed by atoms with van der Waals surface area (Å²) >= 11 is 5.98. The van der Waals surface area contributed by atoms with Crippen molar-refractivity contribution in [2.75, 3.05) is 0 Å². The summed E-state index contributed by atoms with van der Waals surface area (Å²) in [6, 6.07) is 10.2. The predicted octanol–water partition coefficient (Wildman–Crippen LogP) is 4.43. The van der Waals surface area contributed by atoms with E-state index in [1.54, 1.807) is 12.1 Å². The van der Waals surface area contributed by atoms with Crippen LogP contribution in [0.25, 0.3) is 0 Å². The van der Waals surface area contributed by atoms with Crippen LogP contribution in [0.5, 0.6) is 5.75 Å². The van der Waals surface area contributed by atoms with Crippen molar-refractivity contribution in [2.45, 2.75) is 32.0 Å². The fraction of sp³-hybridized carbons (Fsp3) is 0.294. The van der Waals surface area contributed by atoms with Gasteiger partial charge in [0.05, 0.1) is 11.1 Å². The van der Waals surface area contributed by atoms with E-state index in [4.69, 9.17) is 16.3 Å². The third-order valence-electron chi connectivity index (χ3n) is 3.84. The van der Waals surface area contributed by atoms with Crippen LogP contribution in [0.1, 0.15) is 35.6 Å². The second-order valence-corrected chi connectivity index (χ2v) is 5.66. The molecule has 2 nitrogen and oxygen atoms in total. The molecule has 0 aliphatic heterocycles. The summed E-state index contributed by atoms with van der Waals surface area (Å²) in [6.07, 6.45) is 2.32. The van der Waals surface area contributed by atoms with Gasteiger partial charge in [0.2, 0.25) is 0 Å². The molecule has 1 N–H and O–H groups in total. The van der Waals surface area contributed by atoms with Gasteiger partial charge >= 0.3 is 0 Å². The molecule has 2 aromatic carbocycles. The lowest BCUT2D eigenvalue weighted by Gasteiger charge is -2.22. The summed E-state index contributed by atoms with van der Waals surface area (Å²) < 4.78 is 19.3. The van der Waals surface area contributed by atoms with Crippen LogP contribution in [0.2, 0.25) is 5.02 Å². The molecule has 0 fully saturated rings. The standard InChI is InChI=1S/C17H16ClFO2/c18-15-4-2-5-16(19)14(15)10-21-12-7-8-13-11(9-12)3-1-6-17(13)20/h2,4-5,7-9,17,20H,1,3,6,10H2. The van der Waals surface area contributed by atoms with Crippen LogP contribution in [-0.4, -0.2) is 5.11 Å². The van der Waals surface area contributed by atoms with Gasteiger partial charge in [-0.3, -0.25) is 0 Å². The molecular formula is C17H16ClFO2. The number of hydrogen-bond acceptors (Lipinski definition) is 2. The Morgan fingerprint density at radius 2 is 2.14 bits per heavy atom. The van der Waals surface area contributed by atoms with Gasteiger partial charge in [0.1, 0.15) is 18.2 Å². The average molecular weight is 307 g/mol. The van der Waals surface area contributed by atoms with Crippen molar-refractivity contribution < 1.29 is 14.2 Å². The lowest BCUT2D eigenvalue weighted by molar-refractivity contribution is 0.156. The minimum absolute atomic E-state index is 0.0901. The summed E-state index contributed by atoms with van der Waals surface area (Å²) in [5, 5.41) is 10.3. The first kappa shape index (κ1) is 14.4. The normalized spacial score (nSPS) is 17.4. The van der Waals surface area contributed by atoms with E-state index in [0.29, 0.717) is 16.3 Å². The van der Waals surface area contributed by atoms with Crippen molar-refractivity contribution in [2.24, 2.45) is 0 Å². The molecule has 0 bridgehead atoms. The van der Waals surface area contributed by atoms with Crippen molar-refractivity contribution in [1.29, 1.82) is 0 Å². The van der Waals surface area contributed by atoms with Crippen LogP contribution in [-0.2, 0) is 13.0 Å². The van der Waals surface area contributed by atoms with E-state index in [1.165, 1.54) is 6.07 Å². The number of aryl methyl sites for hydroxylation is 1. The Morgan fingerprint density at radius 1 is 1.29 bits per heavy atom. The van der Waals surface area contributed by atoms with Gasteiger partial charge in [-0.2, -0.15) is 0 Å². The van der Waals surface area contributed by atoms with Gasteiger partial charge in [-0.25, -0.2) is 4.39 Å². The van der Waals surface area contributed by atoms with E-state index in [2.05, 4.69) is 0 Å². The molecule has 0 saturated heterocycles. The maximum absolute atomic E-state index is 13.7. The fourth-order valence-corrected chi connectivity index (χ4v) is 2.90. The molecule has 1 aliphatic rings. The summed E-state index contributed by atoms with van der Waals surface area (Å²) in [7, 11) is 0. The molecule has 1 unspecified atom stereocenters. The third kappa shape index (κ3) is 3.04. The van der Waals surface area contributed by atoms with Gasteiger partial charge in [-0.15, -0.1) is 0 Å². The maximum atomic E-state index is 13.7. The SMILES string of the molecule is OC1CCCc2cc(OCc3c(F)cccc3Cl)ccc21. The summed E-state index contributed by atoms with van der Waals surface area (Å²) in [4.78, 5) is 0. The molecule has 0 saturated carbocycles. The first-order valence-electron chi connectivity index (χ1n) is 7.02. The number of fused-ring (bicyclic) bond motifs is 1. The molecular weight excluding hydrogens is 291 g/mol. The monoisotopic (exact) mass is 306 g/mol. The molecule has 2 aromatic rings. The van der Waals surface area contributed by atoms with E-state index in [0.717, 1.165) is 30.4 Å². The Morgan fingerprint density at radius 3 is 2.95 bits per heavy atom. The quantitative estimate of drug-likeness (QED) is 0.909. The second kappa shape index (κ2) is 6.04. The molecule has 21 heavy (non-hydrogen) atoms. The van der Waals surface area contributed by atoms with Gasteiger partial charge in [-0.05, 0) is 54.7 Å². The van der Waals surface area contributed by atoms with E-state index < -0.39 is 0 Å². The number of benzene rings is 2. The Labute approximate surface area is 128 Å². The lowest BCUT2D eigenvalue weighted by atomic mass is 9.89. The highest BCUT2D eigenvalue weighted by atomic mass is 35.5. The average Bonchev–Trinajstić information content (AvgIpc) is 2.47. The van der Waals surface area contributed by atoms with Gasteiger partial charge in [0.25, 0.3) is 0 Å². The molecule has 0 amide bonds. The van der Waals surface area contributed by atoms with Gasteiger partial charge < -0.3 is 9.84 Å². The van der Waals surface area contributed by atoms with Crippen molar-refractivity contribution in [1.82, 2.24) is 0 Å². The maximum Gasteiger partial charge on any atom is 0.131 e. The Hall–Kier alpha value is -1.58. The zero-order valence-corrected chi connectivity index (χ0v) is 12.2. The zero-order valence-electron chi connectivity index (χ0n) is 11.5. The molecule has 0 aromatic heterocycles. The van der Waals surface area contributed by atoms with Crippen LogP contribution in [0, 0.1) is 5.82 Å². The van der Waals surface area contributed by atoms with E-state index in [1.807, 2.05) is 18.2 Å². The number of hydrogen-bond donors (Lipinski definition) is 1. The summed E-state index contributed by atoms with van der Waals surface area (Å²) in [6.45, 7) is 0.0901. The van der Waals surface area contributed by atoms with Crippen LogP contribution in [0.4, 0.5) is 4.39 Å². The fourth-order valence-electron chi connectivity index (χ4n) is 2.68. The van der Waals surface area contributed by atoms with Crippen molar-refractivity contribution in [3.8, 4) is 5.75 Å². The molecule has 1 atom stereocenters. The van der Waals surface area contributed by atoms with Gasteiger partial charge in [0, 0.05) is 5.56 Å². The Balaban J connectivity index is 1.77. The van der Waals surface area contributed by atoms with E-state index in [9.17, 15) is 9.50 Å². The minimum atomic E-state index is -0.385. The van der Waals surface area contributed by atoms with Crippen LogP contribution >= 0.6 is 11.6 Å². The van der Waals surface area contributed by atoms with Crippen molar-refractivity contribution in [3.05, 3.63) is 63.9 Å². The smallest absolute Gasteiger partial charge is 0.131 e. The molecule has 0 heterocycles. The van der Waals surface area contributed by atoms with E-state index in [-0.39, 0.29) is 18.5 Å². The van der Waals surface area contributed by atoms with Gasteiger partial charge in [0.15, 0.2) is 0 Å². The molecule has 1 aliphatic carbocycles. The summed E-state index contributed by atoms with van der Waals surface area (Å²) in [5.41, 5.74) is 2.43. The first-order chi connectivity index (χ1) is 10.1. The highest BCUT2D eigenvalue weighted by Gasteiger charge is 2.18. The number of aliphatic hydroxyl groups is 1. The number of aliphatic hydroxyl groups excluding tert-OH is 1. The summed E-state index contributed by atoms with van der Waals surface area (Å²) in [5.74, 6) is 0.304. The van der Waals surface area contributed by atoms with Gasteiger partial charge in [-0.1, -0.05) is 23.7 Å². The second-order valence-electron chi connectivity index (χ2n) is 5.26. The van der Waals surface area contributed by atoms with Crippen molar-refractivity contribution >= 4 is 11.6 Å². The zero-order chi connectivity index (χ0) is 14.8. The molecule has 0 spiro atoms. The van der Waals surface area contributed by atoms with Crippen LogP contribution < -0.4 is 4.74 Å². The van der Waals surface area contributed by atoms with Crippen LogP contribution in [0.15, 0.2) is 36.4 Å². The third-order valence-corrected chi connectivity index (χ3v) is 4.20. The number of halogens is 2. The molecule has 3 rings (SSSR count). The first-order valence-corrected chi connectivity index (χ1v) is 7.39. The minimum Gasteiger partial charge on any atom is -0.489 e. The Bertz CT molecular complexity index is 637. The predicted molar refractivity (Wildman–Crippen MR) is 80.1 cm³/mol.